The molecule has 1 aliphatic rings. The van der Waals surface area contributed by atoms with Gasteiger partial charge in [0.05, 0.1) is 4.90 Å². The lowest BCUT2D eigenvalue weighted by molar-refractivity contribution is 0.475. The molecule has 0 atom stereocenters. The van der Waals surface area contributed by atoms with E-state index in [0.717, 1.165) is 25.3 Å². The van der Waals surface area contributed by atoms with E-state index >= 15 is 0 Å². The molecule has 0 unspecified atom stereocenters. The molecule has 1 saturated carbocycles. The average Bonchev–Trinajstić information content (AvgIpc) is 3.12. The lowest BCUT2D eigenvalue weighted by Crippen LogP contribution is -2.30. The van der Waals surface area contributed by atoms with E-state index in [1.165, 1.54) is 13.0 Å². The van der Waals surface area contributed by atoms with Crippen LogP contribution in [0.3, 0.4) is 0 Å². The molecule has 2 rings (SSSR count). The second-order valence-corrected chi connectivity index (χ2v) is 7.04. The summed E-state index contributed by atoms with van der Waals surface area (Å²) in [6.07, 6.45) is 3.02. The predicted octanol–water partition coefficient (Wildman–Crippen LogP) is 2.18. The third-order valence-electron chi connectivity index (χ3n) is 3.95. The zero-order valence-electron chi connectivity index (χ0n) is 11.2. The van der Waals surface area contributed by atoms with Gasteiger partial charge in [-0.1, -0.05) is 6.92 Å². The summed E-state index contributed by atoms with van der Waals surface area (Å²) in [5.41, 5.74) is 5.82. The van der Waals surface area contributed by atoms with Crippen LogP contribution in [0.15, 0.2) is 17.0 Å². The first kappa shape index (κ1) is 14.3. The number of halogens is 1. The summed E-state index contributed by atoms with van der Waals surface area (Å²) >= 11 is 0. The van der Waals surface area contributed by atoms with Gasteiger partial charge in [-0.25, -0.2) is 17.5 Å². The summed E-state index contributed by atoms with van der Waals surface area (Å²) in [6.45, 7) is 3.89. The largest absolute Gasteiger partial charge is 0.399 e. The molecule has 0 saturated heterocycles. The standard InChI is InChI=1S/C13H19FN2O2S/c1-3-13(4-5-13)8-16-19(17,18)12-7-10(15)6-11(14)9(12)2/h6-7,16H,3-5,8,15H2,1-2H3. The molecule has 3 N–H and O–H groups in total. The Bertz CT molecular complexity index is 595. The SMILES string of the molecule is CCC1(CNS(=O)(=O)c2cc(N)cc(F)c2C)CC1. The van der Waals surface area contributed by atoms with Crippen molar-refractivity contribution in [1.29, 1.82) is 0 Å². The van der Waals surface area contributed by atoms with Crippen molar-refractivity contribution < 1.29 is 12.8 Å². The molecule has 19 heavy (non-hydrogen) atoms. The molecule has 0 aromatic heterocycles. The van der Waals surface area contributed by atoms with Crippen molar-refractivity contribution in [3.05, 3.63) is 23.5 Å². The molecule has 1 aromatic rings. The van der Waals surface area contributed by atoms with E-state index < -0.39 is 15.8 Å². The Balaban J connectivity index is 2.25. The van der Waals surface area contributed by atoms with E-state index in [4.69, 9.17) is 5.73 Å². The van der Waals surface area contributed by atoms with Crippen LogP contribution in [0.4, 0.5) is 10.1 Å². The third-order valence-corrected chi connectivity index (χ3v) is 5.48. The van der Waals surface area contributed by atoms with Crippen LogP contribution in [0.2, 0.25) is 0 Å². The highest BCUT2D eigenvalue weighted by molar-refractivity contribution is 7.89. The summed E-state index contributed by atoms with van der Waals surface area (Å²) in [7, 11) is -3.71. The van der Waals surface area contributed by atoms with Crippen molar-refractivity contribution in [3.63, 3.8) is 0 Å². The Morgan fingerprint density at radius 2 is 2.05 bits per heavy atom. The third kappa shape index (κ3) is 2.90. The predicted molar refractivity (Wildman–Crippen MR) is 72.7 cm³/mol. The number of benzene rings is 1. The summed E-state index contributed by atoms with van der Waals surface area (Å²) < 4.78 is 40.6. The van der Waals surface area contributed by atoms with Crippen molar-refractivity contribution in [2.24, 2.45) is 5.41 Å². The van der Waals surface area contributed by atoms with Gasteiger partial charge in [0.1, 0.15) is 5.82 Å². The molecule has 1 fully saturated rings. The van der Waals surface area contributed by atoms with Crippen LogP contribution in [0, 0.1) is 18.2 Å². The lowest BCUT2D eigenvalue weighted by atomic mass is 10.1. The number of anilines is 1. The molecule has 1 aliphatic carbocycles. The van der Waals surface area contributed by atoms with E-state index in [1.807, 2.05) is 6.92 Å². The second-order valence-electron chi connectivity index (χ2n) is 5.30. The Labute approximate surface area is 113 Å². The van der Waals surface area contributed by atoms with Crippen molar-refractivity contribution >= 4 is 15.7 Å². The van der Waals surface area contributed by atoms with Gasteiger partial charge in [0.25, 0.3) is 0 Å². The molecule has 0 heterocycles. The van der Waals surface area contributed by atoms with E-state index in [1.54, 1.807) is 0 Å². The topological polar surface area (TPSA) is 72.2 Å². The zero-order valence-corrected chi connectivity index (χ0v) is 12.0. The molecule has 0 bridgehead atoms. The summed E-state index contributed by atoms with van der Waals surface area (Å²) in [5, 5.41) is 0. The molecule has 0 amide bonds. The number of rotatable bonds is 5. The number of nitrogen functional groups attached to an aromatic ring is 1. The number of nitrogens with one attached hydrogen (secondary N) is 1. The molecule has 0 spiro atoms. The highest BCUT2D eigenvalue weighted by Gasteiger charge is 2.41. The Morgan fingerprint density at radius 3 is 2.58 bits per heavy atom. The van der Waals surface area contributed by atoms with Crippen molar-refractivity contribution in [1.82, 2.24) is 4.72 Å². The van der Waals surface area contributed by atoms with Gasteiger partial charge in [-0.05, 0) is 43.7 Å². The first-order chi connectivity index (χ1) is 8.80. The van der Waals surface area contributed by atoms with Gasteiger partial charge in [0.2, 0.25) is 10.0 Å². The minimum atomic E-state index is -3.71. The van der Waals surface area contributed by atoms with Crippen LogP contribution < -0.4 is 10.5 Å². The van der Waals surface area contributed by atoms with Gasteiger partial charge in [-0.2, -0.15) is 0 Å². The van der Waals surface area contributed by atoms with Gasteiger partial charge in [0, 0.05) is 17.8 Å². The van der Waals surface area contributed by atoms with Gasteiger partial charge < -0.3 is 5.73 Å². The van der Waals surface area contributed by atoms with Crippen LogP contribution in [-0.4, -0.2) is 15.0 Å². The van der Waals surface area contributed by atoms with Crippen molar-refractivity contribution in [2.45, 2.75) is 38.0 Å². The fraction of sp³-hybridized carbons (Fsp3) is 0.538. The summed E-state index contributed by atoms with van der Waals surface area (Å²) in [4.78, 5) is -0.0723. The van der Waals surface area contributed by atoms with Gasteiger partial charge in [0.15, 0.2) is 0 Å². The smallest absolute Gasteiger partial charge is 0.241 e. The fourth-order valence-electron chi connectivity index (χ4n) is 2.11. The second kappa shape index (κ2) is 4.76. The summed E-state index contributed by atoms with van der Waals surface area (Å²) in [6, 6.07) is 2.43. The van der Waals surface area contributed by atoms with Gasteiger partial charge in [-0.3, -0.25) is 0 Å². The number of hydrogen-bond donors (Lipinski definition) is 2. The van der Waals surface area contributed by atoms with E-state index in [2.05, 4.69) is 4.72 Å². The first-order valence-corrected chi connectivity index (χ1v) is 7.83. The highest BCUT2D eigenvalue weighted by Crippen LogP contribution is 2.48. The Morgan fingerprint density at radius 1 is 1.42 bits per heavy atom. The minimum Gasteiger partial charge on any atom is -0.399 e. The quantitative estimate of drug-likeness (QED) is 0.815. The summed E-state index contributed by atoms with van der Waals surface area (Å²) in [5.74, 6) is -0.600. The number of nitrogens with two attached hydrogens (primary N) is 1. The molecular formula is C13H19FN2O2S. The first-order valence-electron chi connectivity index (χ1n) is 6.35. The molecule has 0 aliphatic heterocycles. The van der Waals surface area contributed by atoms with Crippen molar-refractivity contribution in [2.75, 3.05) is 12.3 Å². The maximum atomic E-state index is 13.6. The maximum absolute atomic E-state index is 13.6. The minimum absolute atomic E-state index is 0.0723. The number of sulfonamides is 1. The number of hydrogen-bond acceptors (Lipinski definition) is 3. The van der Waals surface area contributed by atoms with Gasteiger partial charge >= 0.3 is 0 Å². The van der Waals surface area contributed by atoms with Crippen molar-refractivity contribution in [3.8, 4) is 0 Å². The fourth-order valence-corrected chi connectivity index (χ4v) is 3.55. The molecule has 0 radical (unpaired) electrons. The van der Waals surface area contributed by atoms with E-state index in [0.29, 0.717) is 6.54 Å². The highest BCUT2D eigenvalue weighted by atomic mass is 32.2. The van der Waals surface area contributed by atoms with Crippen LogP contribution in [0.1, 0.15) is 31.7 Å². The van der Waals surface area contributed by atoms with Crippen LogP contribution in [-0.2, 0) is 10.0 Å². The van der Waals surface area contributed by atoms with E-state index in [-0.39, 0.29) is 21.6 Å². The lowest BCUT2D eigenvalue weighted by Gasteiger charge is -2.15. The van der Waals surface area contributed by atoms with E-state index in [9.17, 15) is 12.8 Å². The molecule has 6 heteroatoms. The molecule has 4 nitrogen and oxygen atoms in total. The Hall–Kier alpha value is -1.14. The monoisotopic (exact) mass is 286 g/mol. The molecule has 1 aromatic carbocycles. The normalized spacial score (nSPS) is 17.4. The van der Waals surface area contributed by atoms with Crippen LogP contribution in [0.25, 0.3) is 0 Å². The average molecular weight is 286 g/mol. The Kier molecular flexibility index (Phi) is 3.57. The maximum Gasteiger partial charge on any atom is 0.241 e. The zero-order chi connectivity index (χ0) is 14.3. The molecular weight excluding hydrogens is 267 g/mol. The molecule has 106 valence electrons. The van der Waals surface area contributed by atoms with Gasteiger partial charge in [-0.15, -0.1) is 0 Å². The van der Waals surface area contributed by atoms with Crippen LogP contribution >= 0.6 is 0 Å². The van der Waals surface area contributed by atoms with Crippen LogP contribution in [0.5, 0.6) is 0 Å².